The molecule has 0 radical (unpaired) electrons. The molecule has 26 heavy (non-hydrogen) atoms. The molecule has 0 atom stereocenters. The van der Waals surface area contributed by atoms with Crippen molar-refractivity contribution in [2.24, 2.45) is 0 Å². The first kappa shape index (κ1) is 16.5. The number of hydrogen-bond donors (Lipinski definition) is 2. The lowest BCUT2D eigenvalue weighted by atomic mass is 10.1. The van der Waals surface area contributed by atoms with Gasteiger partial charge in [-0.05, 0) is 37.3 Å². The van der Waals surface area contributed by atoms with Gasteiger partial charge in [0.25, 0.3) is 0 Å². The van der Waals surface area contributed by atoms with Gasteiger partial charge in [-0.3, -0.25) is 5.10 Å². The second-order valence-corrected chi connectivity index (χ2v) is 6.40. The minimum Gasteiger partial charge on any atom is -0.495 e. The molecule has 2 N–H and O–H groups in total. The highest BCUT2D eigenvalue weighted by Crippen LogP contribution is 2.34. The molecule has 6 nitrogen and oxygen atoms in total. The predicted octanol–water partition coefficient (Wildman–Crippen LogP) is 4.03. The van der Waals surface area contributed by atoms with Gasteiger partial charge in [0.15, 0.2) is 11.6 Å². The quantitative estimate of drug-likeness (QED) is 0.728. The van der Waals surface area contributed by atoms with E-state index in [2.05, 4.69) is 31.6 Å². The highest BCUT2D eigenvalue weighted by molar-refractivity contribution is 6.33. The number of rotatable bonds is 4. The lowest BCUT2D eigenvalue weighted by Gasteiger charge is -2.18. The summed E-state index contributed by atoms with van der Waals surface area (Å²) in [6.07, 6.45) is 2.06. The highest BCUT2D eigenvalue weighted by Gasteiger charge is 2.17. The van der Waals surface area contributed by atoms with E-state index >= 15 is 0 Å². The molecule has 1 aromatic heterocycles. The maximum atomic E-state index is 6.24. The van der Waals surface area contributed by atoms with Crippen molar-refractivity contribution in [1.82, 2.24) is 20.5 Å². The van der Waals surface area contributed by atoms with E-state index in [1.54, 1.807) is 7.11 Å². The highest BCUT2D eigenvalue weighted by atomic mass is 35.5. The zero-order chi connectivity index (χ0) is 18.1. The molecular formula is C19H18ClN5O. The Morgan fingerprint density at radius 2 is 2.04 bits per heavy atom. The van der Waals surface area contributed by atoms with Crippen LogP contribution in [0, 0.1) is 0 Å². The van der Waals surface area contributed by atoms with Gasteiger partial charge in [0, 0.05) is 23.0 Å². The third kappa shape index (κ3) is 2.99. The van der Waals surface area contributed by atoms with Crippen molar-refractivity contribution in [3.63, 3.8) is 0 Å². The average molecular weight is 368 g/mol. The summed E-state index contributed by atoms with van der Waals surface area (Å²) < 4.78 is 5.58. The van der Waals surface area contributed by atoms with E-state index in [-0.39, 0.29) is 0 Å². The Morgan fingerprint density at radius 3 is 2.77 bits per heavy atom. The maximum Gasteiger partial charge on any atom is 0.181 e. The molecule has 0 unspecified atom stereocenters. The molecule has 0 aliphatic carbocycles. The normalized spacial score (nSPS) is 13.5. The van der Waals surface area contributed by atoms with Gasteiger partial charge in [0.05, 0.1) is 24.5 Å². The number of aromatic nitrogens is 3. The van der Waals surface area contributed by atoms with Crippen LogP contribution < -0.4 is 15.0 Å². The van der Waals surface area contributed by atoms with E-state index in [0.29, 0.717) is 16.7 Å². The number of nitrogens with zero attached hydrogens (tertiary/aromatic N) is 3. The minimum absolute atomic E-state index is 0.594. The van der Waals surface area contributed by atoms with Gasteiger partial charge in [-0.15, -0.1) is 0 Å². The molecule has 0 spiro atoms. The number of ether oxygens (including phenoxy) is 1. The smallest absolute Gasteiger partial charge is 0.181 e. The summed E-state index contributed by atoms with van der Waals surface area (Å²) in [4.78, 5) is 6.68. The van der Waals surface area contributed by atoms with E-state index in [1.807, 2.05) is 49.4 Å². The first-order valence-electron chi connectivity index (χ1n) is 8.20. The van der Waals surface area contributed by atoms with Crippen LogP contribution in [0.15, 0.2) is 54.4 Å². The van der Waals surface area contributed by atoms with Crippen LogP contribution in [0.4, 0.5) is 5.69 Å². The van der Waals surface area contributed by atoms with Gasteiger partial charge in [0.1, 0.15) is 5.75 Å². The molecule has 0 saturated carbocycles. The summed E-state index contributed by atoms with van der Waals surface area (Å²) in [6.45, 7) is 2.75. The average Bonchev–Trinajstić information content (AvgIpc) is 3.31. The fraction of sp³-hybridized carbons (Fsp3) is 0.158. The van der Waals surface area contributed by atoms with Crippen LogP contribution in [0.1, 0.15) is 6.92 Å². The molecule has 0 saturated heterocycles. The van der Waals surface area contributed by atoms with Crippen LogP contribution >= 0.6 is 11.6 Å². The molecule has 1 aliphatic rings. The van der Waals surface area contributed by atoms with E-state index < -0.39 is 0 Å². The lowest BCUT2D eigenvalue weighted by molar-refractivity contribution is 0.415. The number of H-pyrrole nitrogens is 1. The van der Waals surface area contributed by atoms with Gasteiger partial charge in [0.2, 0.25) is 0 Å². The van der Waals surface area contributed by atoms with Crippen molar-refractivity contribution >= 4 is 17.3 Å². The van der Waals surface area contributed by atoms with Crippen LogP contribution in [0.5, 0.6) is 5.75 Å². The number of benzene rings is 2. The van der Waals surface area contributed by atoms with Crippen molar-refractivity contribution in [1.29, 1.82) is 0 Å². The van der Waals surface area contributed by atoms with Crippen LogP contribution in [0.25, 0.3) is 22.8 Å². The number of hydrogen-bond acceptors (Lipinski definition) is 5. The zero-order valence-corrected chi connectivity index (χ0v) is 15.2. The van der Waals surface area contributed by atoms with Crippen LogP contribution in [-0.2, 0) is 0 Å². The fourth-order valence-electron chi connectivity index (χ4n) is 2.91. The lowest BCUT2D eigenvalue weighted by Crippen LogP contribution is -2.20. The predicted molar refractivity (Wildman–Crippen MR) is 103 cm³/mol. The van der Waals surface area contributed by atoms with Crippen molar-refractivity contribution in [3.05, 3.63) is 59.4 Å². The third-order valence-electron chi connectivity index (χ3n) is 4.24. The molecule has 1 aliphatic heterocycles. The largest absolute Gasteiger partial charge is 0.495 e. The number of aromatic amines is 1. The topological polar surface area (TPSA) is 66.1 Å². The number of nitrogens with one attached hydrogen (secondary N) is 2. The summed E-state index contributed by atoms with van der Waals surface area (Å²) in [6, 6.07) is 13.5. The first-order valence-corrected chi connectivity index (χ1v) is 8.58. The molecule has 0 bridgehead atoms. The molecule has 0 fully saturated rings. The zero-order valence-electron chi connectivity index (χ0n) is 14.5. The standard InChI is InChI=1S/C19H18ClN5O/c1-12-10-25(11-21-12)16-8-7-13(9-17(16)26-2)18-22-19(24-23-18)14-5-3-4-6-15(14)20/h3-10,21H,11H2,1-2H3,(H,22,23,24). The molecule has 3 aromatic rings. The molecule has 4 rings (SSSR count). The van der Waals surface area contributed by atoms with Gasteiger partial charge in [-0.2, -0.15) is 5.10 Å². The van der Waals surface area contributed by atoms with Crippen molar-refractivity contribution in [2.45, 2.75) is 6.92 Å². The summed E-state index contributed by atoms with van der Waals surface area (Å²) in [5, 5.41) is 11.2. The van der Waals surface area contributed by atoms with Gasteiger partial charge >= 0.3 is 0 Å². The van der Waals surface area contributed by atoms with Crippen molar-refractivity contribution in [3.8, 4) is 28.5 Å². The van der Waals surface area contributed by atoms with Gasteiger partial charge in [-0.1, -0.05) is 23.7 Å². The maximum absolute atomic E-state index is 6.24. The molecule has 2 aromatic carbocycles. The number of methoxy groups -OCH3 is 1. The molecule has 2 heterocycles. The Bertz CT molecular complexity index is 982. The van der Waals surface area contributed by atoms with Crippen LogP contribution in [0.3, 0.4) is 0 Å². The van der Waals surface area contributed by atoms with Crippen LogP contribution in [-0.4, -0.2) is 29.0 Å². The number of allylic oxidation sites excluding steroid dienone is 1. The number of halogens is 1. The Hall–Kier alpha value is -2.99. The summed E-state index contributed by atoms with van der Waals surface area (Å²) in [7, 11) is 1.66. The third-order valence-corrected chi connectivity index (χ3v) is 4.57. The van der Waals surface area contributed by atoms with E-state index in [4.69, 9.17) is 16.3 Å². The minimum atomic E-state index is 0.594. The van der Waals surface area contributed by atoms with Crippen molar-refractivity contribution < 1.29 is 4.74 Å². The van der Waals surface area contributed by atoms with E-state index in [1.165, 1.54) is 0 Å². The van der Waals surface area contributed by atoms with Crippen molar-refractivity contribution in [2.75, 3.05) is 18.7 Å². The SMILES string of the molecule is COc1cc(-c2n[nH]c(-c3ccccc3Cl)n2)ccc1N1C=C(C)NC1. The second-order valence-electron chi connectivity index (χ2n) is 5.99. The Labute approximate surface area is 156 Å². The van der Waals surface area contributed by atoms with Gasteiger partial charge < -0.3 is 15.0 Å². The molecule has 7 heteroatoms. The summed E-state index contributed by atoms with van der Waals surface area (Å²) >= 11 is 6.24. The summed E-state index contributed by atoms with van der Waals surface area (Å²) in [5.41, 5.74) is 3.80. The van der Waals surface area contributed by atoms with Gasteiger partial charge in [-0.25, -0.2) is 4.98 Å². The molecular weight excluding hydrogens is 350 g/mol. The fourth-order valence-corrected chi connectivity index (χ4v) is 3.13. The Kier molecular flexibility index (Phi) is 4.26. The monoisotopic (exact) mass is 367 g/mol. The summed E-state index contributed by atoms with van der Waals surface area (Å²) in [5.74, 6) is 1.99. The van der Waals surface area contributed by atoms with E-state index in [0.717, 1.165) is 34.9 Å². The number of anilines is 1. The Balaban J connectivity index is 1.68. The molecule has 132 valence electrons. The first-order chi connectivity index (χ1) is 12.7. The van der Waals surface area contributed by atoms with E-state index in [9.17, 15) is 0 Å². The van der Waals surface area contributed by atoms with Crippen LogP contribution in [0.2, 0.25) is 5.02 Å². The Morgan fingerprint density at radius 1 is 1.19 bits per heavy atom. The molecule has 0 amide bonds. The second kappa shape index (κ2) is 6.72.